The van der Waals surface area contributed by atoms with E-state index in [1.165, 1.54) is 0 Å². The highest BCUT2D eigenvalue weighted by atomic mass is 32.2. The van der Waals surface area contributed by atoms with Crippen LogP contribution in [0.5, 0.6) is 0 Å². The van der Waals surface area contributed by atoms with Gasteiger partial charge in [0.05, 0.1) is 5.60 Å². The Morgan fingerprint density at radius 1 is 1.80 bits per heavy atom. The summed E-state index contributed by atoms with van der Waals surface area (Å²) in [5, 5.41) is 14.6. The molecule has 86 valence electrons. The predicted molar refractivity (Wildman–Crippen MR) is 58.7 cm³/mol. The smallest absolute Gasteiger partial charge is 0.279 e. The number of carbonyl (C=O) groups is 2. The second kappa shape index (κ2) is 4.85. The first-order chi connectivity index (χ1) is 6.94. The van der Waals surface area contributed by atoms with E-state index < -0.39 is 11.6 Å². The number of nitrogens with one attached hydrogen (secondary N) is 2. The standard InChI is InChI=1S/C9H16N2O3S/c1-3-9(2,14)5-10-7(12)6-4-15-8(13)11-6/h6,14H,3-5H2,1-2H3,(H,10,12)(H,11,13). The molecule has 1 saturated heterocycles. The van der Waals surface area contributed by atoms with E-state index in [4.69, 9.17) is 0 Å². The van der Waals surface area contributed by atoms with Crippen molar-refractivity contribution in [1.82, 2.24) is 10.6 Å². The van der Waals surface area contributed by atoms with Gasteiger partial charge < -0.3 is 15.7 Å². The Morgan fingerprint density at radius 3 is 2.93 bits per heavy atom. The van der Waals surface area contributed by atoms with Gasteiger partial charge in [-0.2, -0.15) is 0 Å². The van der Waals surface area contributed by atoms with Gasteiger partial charge in [-0.05, 0) is 13.3 Å². The Hall–Kier alpha value is -0.750. The molecule has 6 heteroatoms. The van der Waals surface area contributed by atoms with Crippen molar-refractivity contribution in [1.29, 1.82) is 0 Å². The van der Waals surface area contributed by atoms with Crippen molar-refractivity contribution >= 4 is 22.9 Å². The van der Waals surface area contributed by atoms with Crippen molar-refractivity contribution in [2.75, 3.05) is 12.3 Å². The Labute approximate surface area is 93.0 Å². The number of hydrogen-bond acceptors (Lipinski definition) is 4. The molecule has 0 radical (unpaired) electrons. The highest BCUT2D eigenvalue weighted by Gasteiger charge is 2.29. The highest BCUT2D eigenvalue weighted by Crippen LogP contribution is 2.13. The van der Waals surface area contributed by atoms with Crippen LogP contribution >= 0.6 is 11.8 Å². The molecular formula is C9H16N2O3S. The summed E-state index contributed by atoms with van der Waals surface area (Å²) in [6, 6.07) is -0.463. The molecule has 0 bridgehead atoms. The van der Waals surface area contributed by atoms with Gasteiger partial charge in [0.25, 0.3) is 5.24 Å². The molecule has 15 heavy (non-hydrogen) atoms. The zero-order valence-electron chi connectivity index (χ0n) is 8.87. The summed E-state index contributed by atoms with van der Waals surface area (Å²) < 4.78 is 0. The number of aliphatic hydroxyl groups is 1. The number of amides is 2. The van der Waals surface area contributed by atoms with Gasteiger partial charge >= 0.3 is 0 Å². The minimum Gasteiger partial charge on any atom is -0.388 e. The van der Waals surface area contributed by atoms with Crippen LogP contribution in [0.25, 0.3) is 0 Å². The van der Waals surface area contributed by atoms with Crippen LogP contribution in [0.1, 0.15) is 20.3 Å². The topological polar surface area (TPSA) is 78.4 Å². The van der Waals surface area contributed by atoms with Gasteiger partial charge in [-0.1, -0.05) is 18.7 Å². The lowest BCUT2D eigenvalue weighted by Crippen LogP contribution is -2.48. The highest BCUT2D eigenvalue weighted by molar-refractivity contribution is 8.14. The van der Waals surface area contributed by atoms with Gasteiger partial charge in [0, 0.05) is 12.3 Å². The molecule has 0 aromatic carbocycles. The molecule has 1 aliphatic rings. The Kier molecular flexibility index (Phi) is 3.98. The molecule has 0 saturated carbocycles. The minimum absolute atomic E-state index is 0.169. The number of hydrogen-bond donors (Lipinski definition) is 3. The Bertz CT molecular complexity index is 268. The molecule has 0 spiro atoms. The fourth-order valence-corrected chi connectivity index (χ4v) is 1.83. The molecule has 1 fully saturated rings. The van der Waals surface area contributed by atoms with Crippen molar-refractivity contribution in [2.45, 2.75) is 31.9 Å². The lowest BCUT2D eigenvalue weighted by atomic mass is 10.0. The first kappa shape index (κ1) is 12.3. The van der Waals surface area contributed by atoms with Crippen molar-refractivity contribution in [3.63, 3.8) is 0 Å². The largest absolute Gasteiger partial charge is 0.388 e. The summed E-state index contributed by atoms with van der Waals surface area (Å²) in [5.41, 5.74) is -0.884. The van der Waals surface area contributed by atoms with Crippen LogP contribution in [0.2, 0.25) is 0 Å². The van der Waals surface area contributed by atoms with E-state index in [0.29, 0.717) is 12.2 Å². The molecule has 1 rings (SSSR count). The summed E-state index contributed by atoms with van der Waals surface area (Å²) in [4.78, 5) is 22.3. The average Bonchev–Trinajstić information content (AvgIpc) is 2.61. The van der Waals surface area contributed by atoms with Crippen LogP contribution in [-0.2, 0) is 4.79 Å². The summed E-state index contributed by atoms with van der Waals surface area (Å²) >= 11 is 1.10. The van der Waals surface area contributed by atoms with E-state index in [-0.39, 0.29) is 17.7 Å². The molecule has 0 aliphatic carbocycles. The van der Waals surface area contributed by atoms with Crippen molar-refractivity contribution in [3.05, 3.63) is 0 Å². The van der Waals surface area contributed by atoms with Gasteiger partial charge in [-0.3, -0.25) is 9.59 Å². The van der Waals surface area contributed by atoms with E-state index in [1.807, 2.05) is 6.92 Å². The van der Waals surface area contributed by atoms with Crippen LogP contribution in [0.4, 0.5) is 4.79 Å². The van der Waals surface area contributed by atoms with Crippen molar-refractivity contribution < 1.29 is 14.7 Å². The molecule has 0 aromatic rings. The van der Waals surface area contributed by atoms with E-state index in [1.54, 1.807) is 6.92 Å². The lowest BCUT2D eigenvalue weighted by Gasteiger charge is -2.22. The van der Waals surface area contributed by atoms with Gasteiger partial charge in [-0.25, -0.2) is 0 Å². The number of thioether (sulfide) groups is 1. The average molecular weight is 232 g/mol. The van der Waals surface area contributed by atoms with Gasteiger partial charge in [0.2, 0.25) is 5.91 Å². The second-order valence-electron chi connectivity index (χ2n) is 3.86. The zero-order chi connectivity index (χ0) is 11.5. The lowest BCUT2D eigenvalue weighted by molar-refractivity contribution is -0.123. The van der Waals surface area contributed by atoms with Gasteiger partial charge in [0.1, 0.15) is 6.04 Å². The summed E-state index contributed by atoms with van der Waals surface area (Å²) in [5.74, 6) is 0.223. The molecule has 0 aromatic heterocycles. The summed E-state index contributed by atoms with van der Waals surface area (Å²) in [6.07, 6.45) is 0.569. The third kappa shape index (κ3) is 3.71. The molecule has 1 heterocycles. The predicted octanol–water partition coefficient (Wildman–Crippen LogP) is 0.0886. The summed E-state index contributed by atoms with van der Waals surface area (Å²) in [7, 11) is 0. The van der Waals surface area contributed by atoms with Crippen LogP contribution in [0.3, 0.4) is 0 Å². The molecule has 2 atom stereocenters. The quantitative estimate of drug-likeness (QED) is 0.642. The molecular weight excluding hydrogens is 216 g/mol. The maximum Gasteiger partial charge on any atom is 0.279 e. The summed E-state index contributed by atoms with van der Waals surface area (Å²) in [6.45, 7) is 3.72. The normalized spacial score (nSPS) is 24.5. The van der Waals surface area contributed by atoms with Crippen molar-refractivity contribution in [2.24, 2.45) is 0 Å². The fourth-order valence-electron chi connectivity index (χ4n) is 1.05. The SMILES string of the molecule is CCC(C)(O)CNC(=O)C1CSC(=O)N1. The maximum absolute atomic E-state index is 11.5. The maximum atomic E-state index is 11.5. The minimum atomic E-state index is -0.884. The van der Waals surface area contributed by atoms with Crippen LogP contribution < -0.4 is 10.6 Å². The fraction of sp³-hybridized carbons (Fsp3) is 0.778. The second-order valence-corrected chi connectivity index (χ2v) is 4.86. The Balaban J connectivity index is 2.33. The van der Waals surface area contributed by atoms with Gasteiger partial charge in [0.15, 0.2) is 0 Å². The van der Waals surface area contributed by atoms with Crippen molar-refractivity contribution in [3.8, 4) is 0 Å². The van der Waals surface area contributed by atoms with E-state index in [2.05, 4.69) is 10.6 Å². The van der Waals surface area contributed by atoms with Crippen LogP contribution in [0.15, 0.2) is 0 Å². The molecule has 3 N–H and O–H groups in total. The molecule has 1 aliphatic heterocycles. The van der Waals surface area contributed by atoms with Gasteiger partial charge in [-0.15, -0.1) is 0 Å². The monoisotopic (exact) mass is 232 g/mol. The van der Waals surface area contributed by atoms with E-state index in [0.717, 1.165) is 11.8 Å². The Morgan fingerprint density at radius 2 is 2.47 bits per heavy atom. The number of carbonyl (C=O) groups excluding carboxylic acids is 2. The zero-order valence-corrected chi connectivity index (χ0v) is 9.69. The first-order valence-electron chi connectivity index (χ1n) is 4.88. The third-order valence-corrected chi connectivity index (χ3v) is 3.27. The van der Waals surface area contributed by atoms with Crippen LogP contribution in [0, 0.1) is 0 Å². The van der Waals surface area contributed by atoms with E-state index >= 15 is 0 Å². The molecule has 2 unspecified atom stereocenters. The van der Waals surface area contributed by atoms with E-state index in [9.17, 15) is 14.7 Å². The third-order valence-electron chi connectivity index (χ3n) is 2.39. The first-order valence-corrected chi connectivity index (χ1v) is 5.86. The molecule has 2 amide bonds. The van der Waals surface area contributed by atoms with Crippen LogP contribution in [-0.4, -0.2) is 40.2 Å². The molecule has 5 nitrogen and oxygen atoms in total. The number of rotatable bonds is 4.